The zero-order chi connectivity index (χ0) is 13.9. The van der Waals surface area contributed by atoms with Crippen molar-refractivity contribution in [3.8, 4) is 5.75 Å². The van der Waals surface area contributed by atoms with E-state index in [4.69, 9.17) is 5.73 Å². The smallest absolute Gasteiger partial charge is 0.387 e. The summed E-state index contributed by atoms with van der Waals surface area (Å²) in [5.74, 6) is 0.0752. The minimum atomic E-state index is -2.84. The predicted molar refractivity (Wildman–Crippen MR) is 72.7 cm³/mol. The van der Waals surface area contributed by atoms with Crippen LogP contribution in [0.15, 0.2) is 24.3 Å². The summed E-state index contributed by atoms with van der Waals surface area (Å²) >= 11 is 0. The lowest BCUT2D eigenvalue weighted by Crippen LogP contribution is -2.36. The molecule has 0 spiro atoms. The molecule has 0 fully saturated rings. The van der Waals surface area contributed by atoms with Crippen molar-refractivity contribution in [3.63, 3.8) is 0 Å². The monoisotopic (exact) mass is 295 g/mol. The van der Waals surface area contributed by atoms with Gasteiger partial charge in [0.05, 0.1) is 12.1 Å². The van der Waals surface area contributed by atoms with Crippen molar-refractivity contribution in [2.45, 2.75) is 39.5 Å². The number of hydrogen-bond donors (Lipinski definition) is 2. The molecule has 1 aromatic rings. The highest BCUT2D eigenvalue weighted by molar-refractivity contribution is 5.85. The summed E-state index contributed by atoms with van der Waals surface area (Å²) in [5, 5.41) is 10.0. The second-order valence-electron chi connectivity index (χ2n) is 5.28. The van der Waals surface area contributed by atoms with Gasteiger partial charge >= 0.3 is 6.61 Å². The maximum atomic E-state index is 12.0. The van der Waals surface area contributed by atoms with Gasteiger partial charge in [-0.3, -0.25) is 0 Å². The summed E-state index contributed by atoms with van der Waals surface area (Å²) in [7, 11) is 0. The van der Waals surface area contributed by atoms with Gasteiger partial charge in [-0.2, -0.15) is 8.78 Å². The fraction of sp³-hybridized carbons (Fsp3) is 0.538. The first-order valence-corrected chi connectivity index (χ1v) is 5.70. The number of rotatable bonds is 4. The van der Waals surface area contributed by atoms with E-state index < -0.39 is 18.8 Å². The van der Waals surface area contributed by atoms with E-state index in [1.54, 1.807) is 12.1 Å². The first-order valence-electron chi connectivity index (χ1n) is 5.70. The van der Waals surface area contributed by atoms with Gasteiger partial charge in [-0.05, 0) is 23.1 Å². The SMILES string of the molecule is CC(C)(C)[C@@H](O)[C@@H](N)c1ccc(OC(F)F)cc1.Cl. The second kappa shape index (κ2) is 7.03. The average Bonchev–Trinajstić information content (AvgIpc) is 2.26. The highest BCUT2D eigenvalue weighted by atomic mass is 35.5. The van der Waals surface area contributed by atoms with E-state index in [2.05, 4.69) is 4.74 Å². The quantitative estimate of drug-likeness (QED) is 0.897. The van der Waals surface area contributed by atoms with Crippen molar-refractivity contribution in [3.05, 3.63) is 29.8 Å². The van der Waals surface area contributed by atoms with E-state index in [1.807, 2.05) is 20.8 Å². The molecule has 0 aromatic heterocycles. The summed E-state index contributed by atoms with van der Waals surface area (Å²) in [6.45, 7) is 2.80. The molecule has 2 atom stereocenters. The van der Waals surface area contributed by atoms with E-state index in [0.717, 1.165) is 0 Å². The van der Waals surface area contributed by atoms with Gasteiger partial charge in [-0.15, -0.1) is 12.4 Å². The van der Waals surface area contributed by atoms with E-state index in [9.17, 15) is 13.9 Å². The highest BCUT2D eigenvalue weighted by Crippen LogP contribution is 2.29. The number of aliphatic hydroxyl groups is 1. The lowest BCUT2D eigenvalue weighted by Gasteiger charge is -2.31. The minimum absolute atomic E-state index is 0. The standard InChI is InChI=1S/C13H19F2NO2.ClH/c1-13(2,3)11(17)10(16)8-4-6-9(7-5-8)18-12(14)15;/h4-7,10-12,17H,16H2,1-3H3;1H/t10-,11-;/m0./s1. The van der Waals surface area contributed by atoms with Gasteiger partial charge in [-0.1, -0.05) is 32.9 Å². The Bertz CT molecular complexity index is 379. The minimum Gasteiger partial charge on any atom is -0.435 e. The fourth-order valence-corrected chi connectivity index (χ4v) is 1.59. The van der Waals surface area contributed by atoms with Crippen LogP contribution in [0.1, 0.15) is 32.4 Å². The molecule has 0 unspecified atom stereocenters. The van der Waals surface area contributed by atoms with E-state index in [-0.39, 0.29) is 23.6 Å². The Morgan fingerprint density at radius 1 is 1.16 bits per heavy atom. The third-order valence-corrected chi connectivity index (χ3v) is 2.72. The molecule has 0 aliphatic carbocycles. The molecule has 1 rings (SSSR count). The number of hydrogen-bond acceptors (Lipinski definition) is 3. The zero-order valence-corrected chi connectivity index (χ0v) is 12.0. The lowest BCUT2D eigenvalue weighted by molar-refractivity contribution is -0.0498. The number of alkyl halides is 2. The first-order chi connectivity index (χ1) is 8.21. The van der Waals surface area contributed by atoms with Crippen LogP contribution in [-0.4, -0.2) is 17.8 Å². The maximum Gasteiger partial charge on any atom is 0.387 e. The normalized spacial score (nSPS) is 14.7. The number of nitrogens with two attached hydrogens (primary N) is 1. The van der Waals surface area contributed by atoms with Gasteiger partial charge in [0.2, 0.25) is 0 Å². The molecular weight excluding hydrogens is 276 g/mol. The molecule has 0 bridgehead atoms. The molecule has 0 saturated heterocycles. The highest BCUT2D eigenvalue weighted by Gasteiger charge is 2.28. The van der Waals surface area contributed by atoms with Crippen molar-refractivity contribution in [2.75, 3.05) is 0 Å². The maximum absolute atomic E-state index is 12.0. The number of halogens is 3. The van der Waals surface area contributed by atoms with Crippen LogP contribution in [0.3, 0.4) is 0 Å². The third-order valence-electron chi connectivity index (χ3n) is 2.72. The third kappa shape index (κ3) is 5.30. The molecule has 3 nitrogen and oxygen atoms in total. The molecule has 0 heterocycles. The van der Waals surface area contributed by atoms with Crippen molar-refractivity contribution in [1.29, 1.82) is 0 Å². The van der Waals surface area contributed by atoms with Crippen LogP contribution in [0.2, 0.25) is 0 Å². The van der Waals surface area contributed by atoms with Gasteiger partial charge in [0.1, 0.15) is 5.75 Å². The molecular formula is C13H20ClF2NO2. The Morgan fingerprint density at radius 3 is 2.00 bits per heavy atom. The van der Waals surface area contributed by atoms with Crippen LogP contribution < -0.4 is 10.5 Å². The predicted octanol–water partition coefficient (Wildman–Crippen LogP) is 3.12. The van der Waals surface area contributed by atoms with Crippen LogP contribution in [0.4, 0.5) is 8.78 Å². The molecule has 110 valence electrons. The van der Waals surface area contributed by atoms with Crippen LogP contribution in [0.25, 0.3) is 0 Å². The molecule has 0 aliphatic rings. The molecule has 3 N–H and O–H groups in total. The van der Waals surface area contributed by atoms with Crippen LogP contribution >= 0.6 is 12.4 Å². The van der Waals surface area contributed by atoms with E-state index in [1.165, 1.54) is 12.1 Å². The van der Waals surface area contributed by atoms with Crippen LogP contribution in [0, 0.1) is 5.41 Å². The van der Waals surface area contributed by atoms with Gasteiger partial charge in [0, 0.05) is 0 Å². The van der Waals surface area contributed by atoms with E-state index >= 15 is 0 Å². The molecule has 0 aliphatic heterocycles. The lowest BCUT2D eigenvalue weighted by atomic mass is 9.82. The Labute approximate surface area is 118 Å². The average molecular weight is 296 g/mol. The summed E-state index contributed by atoms with van der Waals surface area (Å²) in [4.78, 5) is 0. The van der Waals surface area contributed by atoms with Crippen molar-refractivity contribution in [1.82, 2.24) is 0 Å². The van der Waals surface area contributed by atoms with Crippen LogP contribution in [0.5, 0.6) is 5.75 Å². The van der Waals surface area contributed by atoms with Gasteiger partial charge in [0.25, 0.3) is 0 Å². The zero-order valence-electron chi connectivity index (χ0n) is 11.1. The number of ether oxygens (including phenoxy) is 1. The summed E-state index contributed by atoms with van der Waals surface area (Å²) in [6, 6.07) is 5.42. The second-order valence-corrected chi connectivity index (χ2v) is 5.28. The molecule has 0 saturated carbocycles. The van der Waals surface area contributed by atoms with Gasteiger partial charge in [-0.25, -0.2) is 0 Å². The molecule has 0 amide bonds. The molecule has 19 heavy (non-hydrogen) atoms. The Kier molecular flexibility index (Phi) is 6.69. The van der Waals surface area contributed by atoms with Gasteiger partial charge < -0.3 is 15.6 Å². The van der Waals surface area contributed by atoms with Crippen molar-refractivity contribution in [2.24, 2.45) is 11.1 Å². The molecule has 0 radical (unpaired) electrons. The Balaban J connectivity index is 0.00000324. The Morgan fingerprint density at radius 2 is 1.63 bits per heavy atom. The summed E-state index contributed by atoms with van der Waals surface area (Å²) in [6.07, 6.45) is -0.723. The largest absolute Gasteiger partial charge is 0.435 e. The van der Waals surface area contributed by atoms with Crippen molar-refractivity contribution >= 4 is 12.4 Å². The Hall–Kier alpha value is -0.910. The summed E-state index contributed by atoms with van der Waals surface area (Å²) < 4.78 is 28.2. The molecule has 1 aromatic carbocycles. The van der Waals surface area contributed by atoms with Gasteiger partial charge in [0.15, 0.2) is 0 Å². The number of benzene rings is 1. The van der Waals surface area contributed by atoms with Crippen LogP contribution in [-0.2, 0) is 0 Å². The van der Waals surface area contributed by atoms with Crippen molar-refractivity contribution < 1.29 is 18.6 Å². The topological polar surface area (TPSA) is 55.5 Å². The molecule has 6 heteroatoms. The summed E-state index contributed by atoms with van der Waals surface area (Å²) in [5.41, 5.74) is 6.27. The first kappa shape index (κ1) is 18.1. The van der Waals surface area contributed by atoms with E-state index in [0.29, 0.717) is 5.56 Å². The fourth-order valence-electron chi connectivity index (χ4n) is 1.59. The number of aliphatic hydroxyl groups excluding tert-OH is 1.